The SMILES string of the molecule is Cc1c(F)cccc1C1(O)CCSCC1. The standard InChI is InChI=1S/C12H15FOS/c1-9-10(3-2-4-11(9)13)12(14)5-7-15-8-6-12/h2-4,14H,5-8H2,1H3. The second kappa shape index (κ2) is 4.14. The smallest absolute Gasteiger partial charge is 0.126 e. The Bertz CT molecular complexity index is 359. The van der Waals surface area contributed by atoms with E-state index in [9.17, 15) is 9.50 Å². The Hall–Kier alpha value is -0.540. The molecule has 1 N–H and O–H groups in total. The molecule has 1 heterocycles. The van der Waals surface area contributed by atoms with Crippen LogP contribution >= 0.6 is 11.8 Å². The van der Waals surface area contributed by atoms with Crippen molar-refractivity contribution in [3.63, 3.8) is 0 Å². The maximum absolute atomic E-state index is 13.4. The number of benzene rings is 1. The van der Waals surface area contributed by atoms with Gasteiger partial charge in [0.2, 0.25) is 0 Å². The van der Waals surface area contributed by atoms with Crippen molar-refractivity contribution in [1.29, 1.82) is 0 Å². The average molecular weight is 226 g/mol. The van der Waals surface area contributed by atoms with Gasteiger partial charge >= 0.3 is 0 Å². The monoisotopic (exact) mass is 226 g/mol. The van der Waals surface area contributed by atoms with E-state index in [-0.39, 0.29) is 5.82 Å². The molecule has 0 aliphatic carbocycles. The van der Waals surface area contributed by atoms with Gasteiger partial charge in [0.1, 0.15) is 5.82 Å². The summed E-state index contributed by atoms with van der Waals surface area (Å²) in [6.07, 6.45) is 1.45. The fraction of sp³-hybridized carbons (Fsp3) is 0.500. The van der Waals surface area contributed by atoms with E-state index < -0.39 is 5.60 Å². The first-order valence-electron chi connectivity index (χ1n) is 5.19. The van der Waals surface area contributed by atoms with Crippen LogP contribution in [0.3, 0.4) is 0 Å². The van der Waals surface area contributed by atoms with Gasteiger partial charge in [0, 0.05) is 0 Å². The first kappa shape index (κ1) is 11.0. The van der Waals surface area contributed by atoms with Gasteiger partial charge in [-0.1, -0.05) is 12.1 Å². The number of rotatable bonds is 1. The van der Waals surface area contributed by atoms with Gasteiger partial charge in [-0.05, 0) is 48.5 Å². The van der Waals surface area contributed by atoms with Crippen molar-refractivity contribution in [3.8, 4) is 0 Å². The third-order valence-corrected chi connectivity index (χ3v) is 4.07. The van der Waals surface area contributed by atoms with E-state index >= 15 is 0 Å². The lowest BCUT2D eigenvalue weighted by Crippen LogP contribution is -2.31. The zero-order valence-corrected chi connectivity index (χ0v) is 9.61. The summed E-state index contributed by atoms with van der Waals surface area (Å²) in [6, 6.07) is 4.96. The van der Waals surface area contributed by atoms with Crippen molar-refractivity contribution >= 4 is 11.8 Å². The molecule has 0 aromatic heterocycles. The van der Waals surface area contributed by atoms with Gasteiger partial charge in [0.15, 0.2) is 0 Å². The average Bonchev–Trinajstić information content (AvgIpc) is 2.23. The summed E-state index contributed by atoms with van der Waals surface area (Å²) in [5, 5.41) is 10.5. The molecular formula is C12H15FOS. The molecule has 1 aromatic rings. The highest BCUT2D eigenvalue weighted by atomic mass is 32.2. The normalized spacial score (nSPS) is 20.2. The zero-order valence-electron chi connectivity index (χ0n) is 8.79. The Morgan fingerprint density at radius 3 is 2.67 bits per heavy atom. The van der Waals surface area contributed by atoms with E-state index in [1.165, 1.54) is 6.07 Å². The highest BCUT2D eigenvalue weighted by molar-refractivity contribution is 7.99. The molecule has 0 bridgehead atoms. The van der Waals surface area contributed by atoms with Crippen LogP contribution in [0.4, 0.5) is 4.39 Å². The molecule has 1 nitrogen and oxygen atoms in total. The van der Waals surface area contributed by atoms with Gasteiger partial charge in [-0.25, -0.2) is 4.39 Å². The number of aliphatic hydroxyl groups is 1. The lowest BCUT2D eigenvalue weighted by molar-refractivity contribution is 0.0271. The molecule has 0 atom stereocenters. The Morgan fingerprint density at radius 1 is 1.33 bits per heavy atom. The first-order chi connectivity index (χ1) is 7.13. The van der Waals surface area contributed by atoms with E-state index in [1.54, 1.807) is 13.0 Å². The Kier molecular flexibility index (Phi) is 3.03. The minimum atomic E-state index is -0.808. The van der Waals surface area contributed by atoms with Crippen LogP contribution in [0.15, 0.2) is 18.2 Å². The van der Waals surface area contributed by atoms with Crippen molar-refractivity contribution in [1.82, 2.24) is 0 Å². The predicted octanol–water partition coefficient (Wildman–Crippen LogP) is 2.85. The predicted molar refractivity (Wildman–Crippen MR) is 61.6 cm³/mol. The third kappa shape index (κ3) is 2.04. The van der Waals surface area contributed by atoms with Crippen LogP contribution < -0.4 is 0 Å². The quantitative estimate of drug-likeness (QED) is 0.794. The summed E-state index contributed by atoms with van der Waals surface area (Å²) in [7, 11) is 0. The summed E-state index contributed by atoms with van der Waals surface area (Å²) < 4.78 is 13.4. The minimum absolute atomic E-state index is 0.223. The molecule has 1 aromatic carbocycles. The number of halogens is 1. The summed E-state index contributed by atoms with van der Waals surface area (Å²) in [6.45, 7) is 1.74. The zero-order chi connectivity index (χ0) is 10.9. The van der Waals surface area contributed by atoms with Crippen LogP contribution in [0.5, 0.6) is 0 Å². The van der Waals surface area contributed by atoms with Gasteiger partial charge in [0.25, 0.3) is 0 Å². The van der Waals surface area contributed by atoms with E-state index in [4.69, 9.17) is 0 Å². The van der Waals surface area contributed by atoms with Crippen molar-refractivity contribution in [3.05, 3.63) is 35.1 Å². The molecule has 0 unspecified atom stereocenters. The molecule has 15 heavy (non-hydrogen) atoms. The Morgan fingerprint density at radius 2 is 2.00 bits per heavy atom. The maximum atomic E-state index is 13.4. The molecule has 0 spiro atoms. The number of hydrogen-bond donors (Lipinski definition) is 1. The molecule has 3 heteroatoms. The summed E-state index contributed by atoms with van der Waals surface area (Å²) >= 11 is 1.85. The van der Waals surface area contributed by atoms with Crippen molar-refractivity contribution in [2.75, 3.05) is 11.5 Å². The fourth-order valence-electron chi connectivity index (χ4n) is 2.09. The highest BCUT2D eigenvalue weighted by Gasteiger charge is 2.33. The van der Waals surface area contributed by atoms with Crippen LogP contribution in [0, 0.1) is 12.7 Å². The van der Waals surface area contributed by atoms with Crippen LogP contribution in [0.2, 0.25) is 0 Å². The molecule has 1 aliphatic heterocycles. The fourth-order valence-corrected chi connectivity index (χ4v) is 3.26. The maximum Gasteiger partial charge on any atom is 0.126 e. The van der Waals surface area contributed by atoms with Gasteiger partial charge in [-0.3, -0.25) is 0 Å². The topological polar surface area (TPSA) is 20.2 Å². The van der Waals surface area contributed by atoms with E-state index in [0.717, 1.165) is 29.9 Å². The van der Waals surface area contributed by atoms with Crippen LogP contribution in [0.25, 0.3) is 0 Å². The van der Waals surface area contributed by atoms with Gasteiger partial charge in [0.05, 0.1) is 5.60 Å². The van der Waals surface area contributed by atoms with E-state index in [0.29, 0.717) is 5.56 Å². The summed E-state index contributed by atoms with van der Waals surface area (Å²) in [5.41, 5.74) is 0.548. The van der Waals surface area contributed by atoms with E-state index in [2.05, 4.69) is 0 Å². The number of hydrogen-bond acceptors (Lipinski definition) is 2. The molecule has 0 amide bonds. The first-order valence-corrected chi connectivity index (χ1v) is 6.35. The second-order valence-corrected chi connectivity index (χ2v) is 5.28. The lowest BCUT2D eigenvalue weighted by Gasteiger charge is -2.33. The molecule has 1 fully saturated rings. The van der Waals surface area contributed by atoms with Crippen LogP contribution in [-0.4, -0.2) is 16.6 Å². The Labute approximate surface area is 93.7 Å². The van der Waals surface area contributed by atoms with Crippen molar-refractivity contribution in [2.45, 2.75) is 25.4 Å². The number of thioether (sulfide) groups is 1. The highest BCUT2D eigenvalue weighted by Crippen LogP contribution is 2.37. The molecule has 1 aliphatic rings. The summed E-state index contributed by atoms with van der Waals surface area (Å²) in [4.78, 5) is 0. The van der Waals surface area contributed by atoms with Crippen molar-refractivity contribution in [2.24, 2.45) is 0 Å². The molecular weight excluding hydrogens is 211 g/mol. The molecule has 0 saturated carbocycles. The van der Waals surface area contributed by atoms with E-state index in [1.807, 2.05) is 17.8 Å². The Balaban J connectivity index is 2.39. The molecule has 82 valence electrons. The van der Waals surface area contributed by atoms with Gasteiger partial charge in [-0.2, -0.15) is 11.8 Å². The van der Waals surface area contributed by atoms with Crippen molar-refractivity contribution < 1.29 is 9.50 Å². The van der Waals surface area contributed by atoms with Crippen LogP contribution in [-0.2, 0) is 5.60 Å². The third-order valence-electron chi connectivity index (χ3n) is 3.09. The summed E-state index contributed by atoms with van der Waals surface area (Å²) in [5.74, 6) is 1.68. The lowest BCUT2D eigenvalue weighted by atomic mass is 9.85. The second-order valence-electron chi connectivity index (χ2n) is 4.06. The minimum Gasteiger partial charge on any atom is -0.385 e. The molecule has 2 rings (SSSR count). The van der Waals surface area contributed by atoms with Crippen LogP contribution in [0.1, 0.15) is 24.0 Å². The largest absolute Gasteiger partial charge is 0.385 e. The van der Waals surface area contributed by atoms with Gasteiger partial charge in [-0.15, -0.1) is 0 Å². The van der Waals surface area contributed by atoms with Gasteiger partial charge < -0.3 is 5.11 Å². The molecule has 1 saturated heterocycles. The molecule has 0 radical (unpaired) electrons.